The first-order valence-corrected chi connectivity index (χ1v) is 5.74. The van der Waals surface area contributed by atoms with Gasteiger partial charge in [-0.1, -0.05) is 12.1 Å². The van der Waals surface area contributed by atoms with Gasteiger partial charge in [0.2, 0.25) is 5.91 Å². The lowest BCUT2D eigenvalue weighted by atomic mass is 9.98. The fourth-order valence-electron chi connectivity index (χ4n) is 1.50. The Morgan fingerprint density at radius 2 is 1.78 bits per heavy atom. The molecule has 1 aromatic rings. The maximum atomic E-state index is 11.7. The zero-order valence-electron chi connectivity index (χ0n) is 10.6. The van der Waals surface area contributed by atoms with Gasteiger partial charge >= 0.3 is 5.97 Å². The highest BCUT2D eigenvalue weighted by molar-refractivity contribution is 5.97. The summed E-state index contributed by atoms with van der Waals surface area (Å²) >= 11 is 0. The first-order chi connectivity index (χ1) is 8.40. The lowest BCUT2D eigenvalue weighted by Crippen LogP contribution is -2.34. The fraction of sp³-hybridized carbons (Fsp3) is 0.385. The average Bonchev–Trinajstić information content (AvgIpc) is 2.26. The minimum Gasteiger partial charge on any atom is -0.462 e. The molecule has 0 aromatic heterocycles. The van der Waals surface area contributed by atoms with Crippen LogP contribution >= 0.6 is 0 Å². The largest absolute Gasteiger partial charge is 0.462 e. The summed E-state index contributed by atoms with van der Waals surface area (Å²) in [5.74, 6) is -2.23. The van der Waals surface area contributed by atoms with Crippen molar-refractivity contribution in [3.63, 3.8) is 0 Å². The van der Waals surface area contributed by atoms with E-state index in [9.17, 15) is 9.59 Å². The highest BCUT2D eigenvalue weighted by atomic mass is 16.5. The van der Waals surface area contributed by atoms with Crippen LogP contribution in [0.15, 0.2) is 24.3 Å². The summed E-state index contributed by atoms with van der Waals surface area (Å²) in [6.45, 7) is 3.44. The molecule has 98 valence electrons. The van der Waals surface area contributed by atoms with Gasteiger partial charge < -0.3 is 16.2 Å². The zero-order valence-corrected chi connectivity index (χ0v) is 10.6. The minimum atomic E-state index is -0.962. The van der Waals surface area contributed by atoms with E-state index in [4.69, 9.17) is 16.2 Å². The molecule has 0 fully saturated rings. The van der Waals surface area contributed by atoms with Crippen LogP contribution in [0, 0.1) is 5.92 Å². The molecule has 0 radical (unpaired) electrons. The Balaban J connectivity index is 2.77. The molecular formula is C13H18N2O3. The molecule has 1 amide bonds. The third-order valence-electron chi connectivity index (χ3n) is 2.40. The Bertz CT molecular complexity index is 426. The monoisotopic (exact) mass is 250 g/mol. The van der Waals surface area contributed by atoms with Crippen molar-refractivity contribution in [1.82, 2.24) is 0 Å². The summed E-state index contributed by atoms with van der Waals surface area (Å²) in [5.41, 5.74) is 12.2. The van der Waals surface area contributed by atoms with E-state index in [1.165, 1.54) is 0 Å². The summed E-state index contributed by atoms with van der Waals surface area (Å²) < 4.78 is 5.01. The number of primary amides is 1. The molecule has 18 heavy (non-hydrogen) atoms. The van der Waals surface area contributed by atoms with Crippen LogP contribution < -0.4 is 11.5 Å². The highest BCUT2D eigenvalue weighted by Gasteiger charge is 2.26. The lowest BCUT2D eigenvalue weighted by molar-refractivity contribution is -0.155. The van der Waals surface area contributed by atoms with Crippen molar-refractivity contribution in [3.8, 4) is 0 Å². The van der Waals surface area contributed by atoms with Crippen molar-refractivity contribution in [2.45, 2.75) is 26.4 Å². The summed E-state index contributed by atoms with van der Waals surface area (Å²) in [5, 5.41) is 0. The van der Waals surface area contributed by atoms with Gasteiger partial charge in [0.15, 0.2) is 0 Å². The van der Waals surface area contributed by atoms with Gasteiger partial charge in [-0.15, -0.1) is 0 Å². The molecular weight excluding hydrogens is 232 g/mol. The number of carbonyl (C=O) groups excluding carboxylic acids is 2. The topological polar surface area (TPSA) is 95.4 Å². The van der Waals surface area contributed by atoms with Crippen molar-refractivity contribution < 1.29 is 14.3 Å². The number of esters is 1. The molecule has 5 heteroatoms. The van der Waals surface area contributed by atoms with E-state index in [1.807, 2.05) is 0 Å². The van der Waals surface area contributed by atoms with E-state index >= 15 is 0 Å². The molecule has 0 aliphatic heterocycles. The fourth-order valence-corrected chi connectivity index (χ4v) is 1.50. The Labute approximate surface area is 106 Å². The molecule has 1 rings (SSSR count). The Morgan fingerprint density at radius 3 is 2.22 bits per heavy atom. The van der Waals surface area contributed by atoms with Crippen molar-refractivity contribution in [1.29, 1.82) is 0 Å². The number of carbonyl (C=O) groups is 2. The van der Waals surface area contributed by atoms with E-state index in [0.29, 0.717) is 5.69 Å². The summed E-state index contributed by atoms with van der Waals surface area (Å²) in [6.07, 6.45) is -0.0491. The normalized spacial score (nSPS) is 12.2. The molecule has 0 spiro atoms. The standard InChI is InChI=1S/C13H18N2O3/c1-8(2)18-13(17)11(12(15)16)7-9-3-5-10(14)6-4-9/h3-6,8,11H,7,14H2,1-2H3,(H2,15,16). The maximum Gasteiger partial charge on any atom is 0.319 e. The number of nitrogen functional groups attached to an aromatic ring is 1. The predicted octanol–water partition coefficient (Wildman–Crippen LogP) is 0.864. The number of hydrogen-bond donors (Lipinski definition) is 2. The molecule has 1 atom stereocenters. The second kappa shape index (κ2) is 6.05. The number of rotatable bonds is 5. The van der Waals surface area contributed by atoms with Gasteiger partial charge in [-0.05, 0) is 38.0 Å². The van der Waals surface area contributed by atoms with Gasteiger partial charge in [-0.25, -0.2) is 0 Å². The molecule has 0 aliphatic carbocycles. The van der Waals surface area contributed by atoms with Gasteiger partial charge in [0, 0.05) is 5.69 Å². The predicted molar refractivity (Wildman–Crippen MR) is 68.5 cm³/mol. The van der Waals surface area contributed by atoms with E-state index in [2.05, 4.69) is 0 Å². The van der Waals surface area contributed by atoms with E-state index in [1.54, 1.807) is 38.1 Å². The second-order valence-electron chi connectivity index (χ2n) is 4.39. The quantitative estimate of drug-likeness (QED) is 0.460. The van der Waals surface area contributed by atoms with E-state index < -0.39 is 17.8 Å². The third-order valence-corrected chi connectivity index (χ3v) is 2.40. The van der Waals surface area contributed by atoms with Crippen molar-refractivity contribution in [2.24, 2.45) is 11.7 Å². The number of amides is 1. The SMILES string of the molecule is CC(C)OC(=O)C(Cc1ccc(N)cc1)C(N)=O. The molecule has 0 bridgehead atoms. The van der Waals surface area contributed by atoms with Crippen LogP contribution in [0.4, 0.5) is 5.69 Å². The van der Waals surface area contributed by atoms with E-state index in [0.717, 1.165) is 5.56 Å². The number of ether oxygens (including phenoxy) is 1. The molecule has 1 aromatic carbocycles. The van der Waals surface area contributed by atoms with Crippen molar-refractivity contribution in [2.75, 3.05) is 5.73 Å². The lowest BCUT2D eigenvalue weighted by Gasteiger charge is -2.15. The molecule has 0 saturated heterocycles. The number of nitrogens with two attached hydrogens (primary N) is 2. The van der Waals surface area contributed by atoms with Crippen molar-refractivity contribution >= 4 is 17.6 Å². The number of hydrogen-bond acceptors (Lipinski definition) is 4. The molecule has 0 heterocycles. The van der Waals surface area contributed by atoms with Gasteiger partial charge in [0.1, 0.15) is 5.92 Å². The average molecular weight is 250 g/mol. The smallest absolute Gasteiger partial charge is 0.319 e. The summed E-state index contributed by atoms with van der Waals surface area (Å²) in [4.78, 5) is 23.0. The van der Waals surface area contributed by atoms with Crippen LogP contribution in [0.5, 0.6) is 0 Å². The number of benzene rings is 1. The second-order valence-corrected chi connectivity index (χ2v) is 4.39. The highest BCUT2D eigenvalue weighted by Crippen LogP contribution is 2.13. The van der Waals surface area contributed by atoms with Crippen LogP contribution in [0.25, 0.3) is 0 Å². The van der Waals surface area contributed by atoms with E-state index in [-0.39, 0.29) is 12.5 Å². The van der Waals surface area contributed by atoms with Crippen LogP contribution in [0.1, 0.15) is 19.4 Å². The Kier molecular flexibility index (Phi) is 4.71. The summed E-state index contributed by atoms with van der Waals surface area (Å²) in [7, 11) is 0. The van der Waals surface area contributed by atoms with Crippen molar-refractivity contribution in [3.05, 3.63) is 29.8 Å². The number of anilines is 1. The first kappa shape index (κ1) is 14.0. The van der Waals surface area contributed by atoms with Crippen LogP contribution in [-0.4, -0.2) is 18.0 Å². The molecule has 1 unspecified atom stereocenters. The molecule has 4 N–H and O–H groups in total. The maximum absolute atomic E-state index is 11.7. The zero-order chi connectivity index (χ0) is 13.7. The molecule has 0 aliphatic rings. The van der Waals surface area contributed by atoms with Gasteiger partial charge in [0.25, 0.3) is 0 Å². The Morgan fingerprint density at radius 1 is 1.22 bits per heavy atom. The minimum absolute atomic E-state index is 0.223. The molecule has 0 saturated carbocycles. The van der Waals surface area contributed by atoms with Gasteiger partial charge in [-0.3, -0.25) is 9.59 Å². The summed E-state index contributed by atoms with van der Waals surface area (Å²) in [6, 6.07) is 6.93. The third kappa shape index (κ3) is 4.08. The van der Waals surface area contributed by atoms with Crippen LogP contribution in [0.2, 0.25) is 0 Å². The Hall–Kier alpha value is -2.04. The van der Waals surface area contributed by atoms with Gasteiger partial charge in [0.05, 0.1) is 6.10 Å². The van der Waals surface area contributed by atoms with Crippen LogP contribution in [-0.2, 0) is 20.7 Å². The molecule has 5 nitrogen and oxygen atoms in total. The van der Waals surface area contributed by atoms with Gasteiger partial charge in [-0.2, -0.15) is 0 Å². The van der Waals surface area contributed by atoms with Crippen LogP contribution in [0.3, 0.4) is 0 Å². The first-order valence-electron chi connectivity index (χ1n) is 5.74.